The normalized spacial score (nSPS) is 24.5. The number of carboxylic acids is 1. The Balaban J connectivity index is 1.76. The Kier molecular flexibility index (Phi) is 17.1. The number of aliphatic hydroxyl groups is 3. The zero-order valence-electron chi connectivity index (χ0n) is 20.1. The third-order valence-electron chi connectivity index (χ3n) is 6.31. The van der Waals surface area contributed by atoms with Crippen molar-refractivity contribution < 1.29 is 34.7 Å². The number of hydrogen-bond donors (Lipinski definition) is 4. The van der Waals surface area contributed by atoms with Gasteiger partial charge < -0.3 is 29.9 Å². The minimum atomic E-state index is -0.924. The molecule has 0 aromatic heterocycles. The molecule has 190 valence electrons. The van der Waals surface area contributed by atoms with Crippen molar-refractivity contribution in [3.05, 3.63) is 0 Å². The van der Waals surface area contributed by atoms with E-state index in [-0.39, 0.29) is 12.5 Å². The molecular formula is C25H48O7. The number of unbranched alkanes of at least 4 members (excludes halogenated alkanes) is 13. The number of carbonyl (C=O) groups is 1. The molecule has 1 fully saturated rings. The van der Waals surface area contributed by atoms with Gasteiger partial charge in [-0.2, -0.15) is 0 Å². The molecule has 0 amide bonds. The van der Waals surface area contributed by atoms with Crippen LogP contribution < -0.4 is 0 Å². The van der Waals surface area contributed by atoms with E-state index in [9.17, 15) is 20.1 Å². The minimum Gasteiger partial charge on any atom is -0.481 e. The zero-order chi connectivity index (χ0) is 23.6. The molecule has 1 rings (SSSR count). The first kappa shape index (κ1) is 29.3. The predicted octanol–water partition coefficient (Wildman–Crippen LogP) is 4.55. The lowest BCUT2D eigenvalue weighted by Gasteiger charge is -2.35. The zero-order valence-corrected chi connectivity index (χ0v) is 20.1. The van der Waals surface area contributed by atoms with Crippen molar-refractivity contribution in [2.24, 2.45) is 0 Å². The molecule has 1 heterocycles. The molecule has 0 unspecified atom stereocenters. The third-order valence-corrected chi connectivity index (χ3v) is 6.31. The Morgan fingerprint density at radius 3 is 1.81 bits per heavy atom. The van der Waals surface area contributed by atoms with Gasteiger partial charge >= 0.3 is 5.97 Å². The van der Waals surface area contributed by atoms with Crippen LogP contribution in [-0.2, 0) is 14.3 Å². The minimum absolute atomic E-state index is 0.138. The van der Waals surface area contributed by atoms with Crippen molar-refractivity contribution in [3.8, 4) is 0 Å². The summed E-state index contributed by atoms with van der Waals surface area (Å²) >= 11 is 0. The summed E-state index contributed by atoms with van der Waals surface area (Å²) in [5.41, 5.74) is 0. The Morgan fingerprint density at radius 1 is 0.844 bits per heavy atom. The Labute approximate surface area is 194 Å². The quantitative estimate of drug-likeness (QED) is 0.197. The second kappa shape index (κ2) is 18.7. The maximum Gasteiger partial charge on any atom is 0.305 e. The van der Waals surface area contributed by atoms with Crippen LogP contribution in [0.15, 0.2) is 0 Å². The van der Waals surface area contributed by atoms with Gasteiger partial charge in [0, 0.05) is 13.0 Å². The molecule has 5 atom stereocenters. The molecule has 0 aromatic carbocycles. The highest BCUT2D eigenvalue weighted by Crippen LogP contribution is 2.21. The highest BCUT2D eigenvalue weighted by Gasteiger charge is 2.34. The van der Waals surface area contributed by atoms with E-state index in [4.69, 9.17) is 14.6 Å². The Bertz CT molecular complexity index is 460. The highest BCUT2D eigenvalue weighted by molar-refractivity contribution is 5.67. The molecule has 0 aliphatic carbocycles. The van der Waals surface area contributed by atoms with E-state index in [0.29, 0.717) is 19.4 Å². The second-order valence-corrected chi connectivity index (χ2v) is 9.44. The third kappa shape index (κ3) is 15.2. The predicted molar refractivity (Wildman–Crippen MR) is 124 cm³/mol. The first-order chi connectivity index (χ1) is 15.4. The molecule has 0 radical (unpaired) electrons. The van der Waals surface area contributed by atoms with E-state index in [1.165, 1.54) is 64.2 Å². The summed E-state index contributed by atoms with van der Waals surface area (Å²) in [6.07, 6.45) is 14.6. The second-order valence-electron chi connectivity index (χ2n) is 9.44. The maximum absolute atomic E-state index is 10.5. The fraction of sp³-hybridized carbons (Fsp3) is 0.960. The SMILES string of the molecule is C[C@@H]1O[C@@H](OCCCCCCCCCCCCCCCC[C@@H](O)CC(=O)O)[C@H](O)C[C@H]1O. The number of carboxylic acid groups (broad SMARTS) is 1. The fourth-order valence-corrected chi connectivity index (χ4v) is 4.20. The molecule has 0 aromatic rings. The summed E-state index contributed by atoms with van der Waals surface area (Å²) in [7, 11) is 0. The molecule has 0 spiro atoms. The van der Waals surface area contributed by atoms with Gasteiger partial charge in [-0.25, -0.2) is 0 Å². The highest BCUT2D eigenvalue weighted by atomic mass is 16.7. The van der Waals surface area contributed by atoms with Gasteiger partial charge in [-0.05, 0) is 19.8 Å². The Hall–Kier alpha value is -0.730. The Morgan fingerprint density at radius 2 is 1.31 bits per heavy atom. The standard InChI is InChI=1S/C25H48O7/c1-20-22(27)19-23(28)25(32-20)31-17-15-13-11-9-7-5-3-2-4-6-8-10-12-14-16-21(26)18-24(29)30/h20-23,25-28H,2-19H2,1H3,(H,29,30)/t20-,21+,22+,23+,25+/m0/s1. The van der Waals surface area contributed by atoms with Gasteiger partial charge in [-0.1, -0.05) is 83.5 Å². The average molecular weight is 461 g/mol. The monoisotopic (exact) mass is 460 g/mol. The van der Waals surface area contributed by atoms with Crippen LogP contribution >= 0.6 is 0 Å². The molecule has 32 heavy (non-hydrogen) atoms. The molecule has 4 N–H and O–H groups in total. The van der Waals surface area contributed by atoms with Crippen LogP contribution in [0.25, 0.3) is 0 Å². The number of hydrogen-bond acceptors (Lipinski definition) is 6. The first-order valence-corrected chi connectivity index (χ1v) is 12.9. The van der Waals surface area contributed by atoms with Crippen molar-refractivity contribution in [3.63, 3.8) is 0 Å². The van der Waals surface area contributed by atoms with Gasteiger partial charge in [0.1, 0.15) is 6.10 Å². The van der Waals surface area contributed by atoms with Gasteiger partial charge in [0.05, 0.1) is 24.7 Å². The van der Waals surface area contributed by atoms with E-state index >= 15 is 0 Å². The molecule has 7 nitrogen and oxygen atoms in total. The van der Waals surface area contributed by atoms with Gasteiger partial charge in [-0.3, -0.25) is 4.79 Å². The van der Waals surface area contributed by atoms with Crippen LogP contribution in [0.2, 0.25) is 0 Å². The molecule has 1 aliphatic heterocycles. The molecule has 7 heteroatoms. The lowest BCUT2D eigenvalue weighted by atomic mass is 10.0. The van der Waals surface area contributed by atoms with Crippen LogP contribution in [-0.4, -0.2) is 63.7 Å². The largest absolute Gasteiger partial charge is 0.481 e. The molecule has 1 aliphatic rings. The van der Waals surface area contributed by atoms with E-state index in [2.05, 4.69) is 0 Å². The van der Waals surface area contributed by atoms with Crippen LogP contribution in [0.5, 0.6) is 0 Å². The van der Waals surface area contributed by atoms with Crippen LogP contribution in [0.4, 0.5) is 0 Å². The van der Waals surface area contributed by atoms with Crippen molar-refractivity contribution in [1.29, 1.82) is 0 Å². The van der Waals surface area contributed by atoms with E-state index < -0.39 is 30.6 Å². The van der Waals surface area contributed by atoms with Crippen LogP contribution in [0.1, 0.15) is 116 Å². The van der Waals surface area contributed by atoms with Crippen molar-refractivity contribution in [2.45, 2.75) is 147 Å². The molecule has 0 saturated carbocycles. The summed E-state index contributed by atoms with van der Waals surface area (Å²) in [5.74, 6) is -0.924. The van der Waals surface area contributed by atoms with Gasteiger partial charge in [0.15, 0.2) is 6.29 Å². The molecule has 0 bridgehead atoms. The summed E-state index contributed by atoms with van der Waals surface area (Å²) in [6.45, 7) is 2.39. The fourth-order valence-electron chi connectivity index (χ4n) is 4.20. The van der Waals surface area contributed by atoms with Crippen molar-refractivity contribution in [1.82, 2.24) is 0 Å². The van der Waals surface area contributed by atoms with Crippen molar-refractivity contribution >= 4 is 5.97 Å². The lowest BCUT2D eigenvalue weighted by Crippen LogP contribution is -2.47. The topological polar surface area (TPSA) is 116 Å². The van der Waals surface area contributed by atoms with E-state index in [1.54, 1.807) is 6.92 Å². The number of rotatable bonds is 20. The summed E-state index contributed by atoms with van der Waals surface area (Å²) in [4.78, 5) is 10.5. The molecule has 1 saturated heterocycles. The molecular weight excluding hydrogens is 412 g/mol. The lowest BCUT2D eigenvalue weighted by molar-refractivity contribution is -0.261. The number of ether oxygens (including phenoxy) is 2. The summed E-state index contributed by atoms with van der Waals surface area (Å²) < 4.78 is 11.1. The number of aliphatic carboxylic acids is 1. The van der Waals surface area contributed by atoms with Crippen LogP contribution in [0.3, 0.4) is 0 Å². The van der Waals surface area contributed by atoms with Gasteiger partial charge in [0.2, 0.25) is 0 Å². The van der Waals surface area contributed by atoms with E-state index in [1.807, 2.05) is 0 Å². The van der Waals surface area contributed by atoms with E-state index in [0.717, 1.165) is 25.7 Å². The maximum atomic E-state index is 10.5. The average Bonchev–Trinajstić information content (AvgIpc) is 2.73. The summed E-state index contributed by atoms with van der Waals surface area (Å²) in [5, 5.41) is 37.6. The first-order valence-electron chi connectivity index (χ1n) is 12.9. The van der Waals surface area contributed by atoms with Crippen molar-refractivity contribution in [2.75, 3.05) is 6.61 Å². The number of aliphatic hydroxyl groups excluding tert-OH is 3. The van der Waals surface area contributed by atoms with Gasteiger partial charge in [0.25, 0.3) is 0 Å². The smallest absolute Gasteiger partial charge is 0.305 e. The summed E-state index contributed by atoms with van der Waals surface area (Å²) in [6, 6.07) is 0. The van der Waals surface area contributed by atoms with Crippen LogP contribution in [0, 0.1) is 0 Å². The van der Waals surface area contributed by atoms with Gasteiger partial charge in [-0.15, -0.1) is 0 Å².